The van der Waals surface area contributed by atoms with Crippen LogP contribution in [0, 0.1) is 0 Å². The van der Waals surface area contributed by atoms with Crippen LogP contribution < -0.4 is 10.6 Å². The van der Waals surface area contributed by atoms with Crippen LogP contribution in [0.1, 0.15) is 33.7 Å². The van der Waals surface area contributed by atoms with Crippen LogP contribution in [-0.4, -0.2) is 35.0 Å². The van der Waals surface area contributed by atoms with Crippen molar-refractivity contribution in [1.82, 2.24) is 9.97 Å². The number of ether oxygens (including phenoxy) is 1. The Kier molecular flexibility index (Phi) is 4.18. The quantitative estimate of drug-likeness (QED) is 0.821. The van der Waals surface area contributed by atoms with Gasteiger partial charge in [0.2, 0.25) is 0 Å². The molecule has 0 unspecified atom stereocenters. The summed E-state index contributed by atoms with van der Waals surface area (Å²) in [6.45, 7) is 0. The van der Waals surface area contributed by atoms with Gasteiger partial charge in [-0.1, -0.05) is 12.1 Å². The number of amides is 1. The van der Waals surface area contributed by atoms with Gasteiger partial charge in [-0.3, -0.25) is 4.79 Å². The fraction of sp³-hybridized carbons (Fsp3) is 0.250. The molecule has 1 aliphatic rings. The lowest BCUT2D eigenvalue weighted by molar-refractivity contribution is 0.0602. The highest BCUT2D eigenvalue weighted by Crippen LogP contribution is 2.23. The first-order valence-electron chi connectivity index (χ1n) is 7.24. The van der Waals surface area contributed by atoms with Crippen molar-refractivity contribution in [2.45, 2.75) is 18.9 Å². The van der Waals surface area contributed by atoms with Crippen molar-refractivity contribution >= 4 is 23.4 Å². The molecule has 0 spiro atoms. The first-order chi connectivity index (χ1) is 11.2. The highest BCUT2D eigenvalue weighted by molar-refractivity contribution is 6.07. The van der Waals surface area contributed by atoms with Gasteiger partial charge in [0.15, 0.2) is 0 Å². The molecule has 2 N–H and O–H groups in total. The average molecular weight is 312 g/mol. The Morgan fingerprint density at radius 1 is 1.22 bits per heavy atom. The van der Waals surface area contributed by atoms with E-state index in [1.807, 2.05) is 0 Å². The van der Waals surface area contributed by atoms with Crippen LogP contribution in [-0.2, 0) is 4.74 Å². The zero-order valence-electron chi connectivity index (χ0n) is 12.6. The molecule has 1 saturated carbocycles. The lowest BCUT2D eigenvalue weighted by Gasteiger charge is -2.10. The van der Waals surface area contributed by atoms with Gasteiger partial charge in [0, 0.05) is 12.1 Å². The number of methoxy groups -OCH3 is 1. The van der Waals surface area contributed by atoms with Crippen LogP contribution in [0.15, 0.2) is 36.7 Å². The van der Waals surface area contributed by atoms with Crippen molar-refractivity contribution in [2.75, 3.05) is 17.7 Å². The van der Waals surface area contributed by atoms with Gasteiger partial charge >= 0.3 is 5.97 Å². The van der Waals surface area contributed by atoms with Crippen LogP contribution in [0.3, 0.4) is 0 Å². The van der Waals surface area contributed by atoms with E-state index in [-0.39, 0.29) is 11.3 Å². The Morgan fingerprint density at radius 2 is 2.00 bits per heavy atom. The van der Waals surface area contributed by atoms with Crippen molar-refractivity contribution in [1.29, 1.82) is 0 Å². The second kappa shape index (κ2) is 6.43. The third-order valence-corrected chi connectivity index (χ3v) is 3.41. The third-order valence-electron chi connectivity index (χ3n) is 3.41. The Balaban J connectivity index is 1.78. The van der Waals surface area contributed by atoms with Crippen LogP contribution in [0.25, 0.3) is 0 Å². The summed E-state index contributed by atoms with van der Waals surface area (Å²) in [4.78, 5) is 32.1. The van der Waals surface area contributed by atoms with Crippen LogP contribution in [0.2, 0.25) is 0 Å². The van der Waals surface area contributed by atoms with Crippen molar-refractivity contribution in [3.63, 3.8) is 0 Å². The molecule has 0 saturated heterocycles. The highest BCUT2D eigenvalue weighted by Gasteiger charge is 2.22. The summed E-state index contributed by atoms with van der Waals surface area (Å²) in [5.74, 6) is -0.309. The number of hydrogen-bond acceptors (Lipinski definition) is 6. The minimum Gasteiger partial charge on any atom is -0.465 e. The normalized spacial score (nSPS) is 13.3. The third kappa shape index (κ3) is 3.63. The van der Waals surface area contributed by atoms with E-state index in [1.165, 1.54) is 13.4 Å². The number of anilines is 2. The molecule has 0 bridgehead atoms. The van der Waals surface area contributed by atoms with Gasteiger partial charge in [0.1, 0.15) is 17.8 Å². The summed E-state index contributed by atoms with van der Waals surface area (Å²) >= 11 is 0. The van der Waals surface area contributed by atoms with E-state index in [9.17, 15) is 9.59 Å². The number of nitrogens with one attached hydrogen (secondary N) is 2. The molecule has 7 heteroatoms. The number of carbonyl (C=O) groups excluding carboxylic acids is 2. The summed E-state index contributed by atoms with van der Waals surface area (Å²) in [7, 11) is 1.29. The van der Waals surface area contributed by atoms with E-state index in [1.54, 1.807) is 30.3 Å². The first-order valence-corrected chi connectivity index (χ1v) is 7.24. The lowest BCUT2D eigenvalue weighted by Crippen LogP contribution is -2.17. The van der Waals surface area contributed by atoms with Crippen molar-refractivity contribution in [2.24, 2.45) is 0 Å². The molecule has 118 valence electrons. The van der Waals surface area contributed by atoms with Gasteiger partial charge < -0.3 is 15.4 Å². The Labute approximate surface area is 133 Å². The molecule has 1 aliphatic carbocycles. The maximum Gasteiger partial charge on any atom is 0.339 e. The molecule has 7 nitrogen and oxygen atoms in total. The number of hydrogen-bond donors (Lipinski definition) is 2. The fourth-order valence-electron chi connectivity index (χ4n) is 2.06. The monoisotopic (exact) mass is 312 g/mol. The fourth-order valence-corrected chi connectivity index (χ4v) is 2.06. The van der Waals surface area contributed by atoms with E-state index >= 15 is 0 Å². The summed E-state index contributed by atoms with van der Waals surface area (Å²) < 4.78 is 4.71. The number of nitrogens with zero attached hydrogens (tertiary/aromatic N) is 2. The lowest BCUT2D eigenvalue weighted by atomic mass is 10.1. The van der Waals surface area contributed by atoms with E-state index in [4.69, 9.17) is 4.74 Å². The number of aromatic nitrogens is 2. The highest BCUT2D eigenvalue weighted by atomic mass is 16.5. The molecule has 0 atom stereocenters. The zero-order valence-corrected chi connectivity index (χ0v) is 12.6. The number of para-hydroxylation sites is 1. The van der Waals surface area contributed by atoms with Gasteiger partial charge in [-0.25, -0.2) is 14.8 Å². The van der Waals surface area contributed by atoms with Crippen molar-refractivity contribution in [3.05, 3.63) is 47.9 Å². The summed E-state index contributed by atoms with van der Waals surface area (Å²) in [6.07, 6.45) is 3.56. The maximum absolute atomic E-state index is 12.3. The molecular formula is C16H16N4O3. The molecular weight excluding hydrogens is 296 g/mol. The Morgan fingerprint density at radius 3 is 2.74 bits per heavy atom. The molecule has 1 aromatic carbocycles. The predicted molar refractivity (Wildman–Crippen MR) is 84.4 cm³/mol. The Hall–Kier alpha value is -2.96. The first kappa shape index (κ1) is 15.0. The van der Waals surface area contributed by atoms with E-state index in [2.05, 4.69) is 20.6 Å². The van der Waals surface area contributed by atoms with Crippen molar-refractivity contribution in [3.8, 4) is 0 Å². The minimum absolute atomic E-state index is 0.225. The van der Waals surface area contributed by atoms with E-state index in [0.717, 1.165) is 12.8 Å². The molecule has 1 amide bonds. The van der Waals surface area contributed by atoms with Gasteiger partial charge in [-0.15, -0.1) is 0 Å². The van der Waals surface area contributed by atoms with Gasteiger partial charge in [-0.05, 0) is 25.0 Å². The van der Waals surface area contributed by atoms with Crippen molar-refractivity contribution < 1.29 is 14.3 Å². The van der Waals surface area contributed by atoms with Gasteiger partial charge in [0.25, 0.3) is 5.91 Å². The number of esters is 1. The molecule has 0 aliphatic heterocycles. The summed E-state index contributed by atoms with van der Waals surface area (Å²) in [6, 6.07) is 8.66. The smallest absolute Gasteiger partial charge is 0.339 e. The molecule has 1 aromatic heterocycles. The maximum atomic E-state index is 12.3. The largest absolute Gasteiger partial charge is 0.465 e. The molecule has 3 rings (SSSR count). The molecule has 1 fully saturated rings. The predicted octanol–water partition coefficient (Wildman–Crippen LogP) is 2.09. The number of carbonyl (C=O) groups is 2. The topological polar surface area (TPSA) is 93.2 Å². The minimum atomic E-state index is -0.514. The van der Waals surface area contributed by atoms with Gasteiger partial charge in [0.05, 0.1) is 18.4 Å². The summed E-state index contributed by atoms with van der Waals surface area (Å²) in [5.41, 5.74) is 0.885. The van der Waals surface area contributed by atoms with E-state index in [0.29, 0.717) is 17.5 Å². The second-order valence-corrected chi connectivity index (χ2v) is 5.20. The van der Waals surface area contributed by atoms with E-state index < -0.39 is 11.9 Å². The van der Waals surface area contributed by atoms with Gasteiger partial charge in [-0.2, -0.15) is 0 Å². The summed E-state index contributed by atoms with van der Waals surface area (Å²) in [5, 5.41) is 5.89. The molecule has 23 heavy (non-hydrogen) atoms. The number of benzene rings is 1. The second-order valence-electron chi connectivity index (χ2n) is 5.20. The average Bonchev–Trinajstić information content (AvgIpc) is 3.39. The Bertz CT molecular complexity index is 744. The number of rotatable bonds is 5. The molecule has 1 heterocycles. The van der Waals surface area contributed by atoms with Crippen LogP contribution in [0.4, 0.5) is 11.5 Å². The SMILES string of the molecule is COC(=O)c1ccccc1NC(=O)c1cc(NC2CC2)ncn1. The standard InChI is InChI=1S/C16H16N4O3/c1-23-16(22)11-4-2-3-5-12(11)20-15(21)13-8-14(18-9-17-13)19-10-6-7-10/h2-5,8-10H,6-7H2,1H3,(H,20,21)(H,17,18,19). The molecule has 2 aromatic rings. The van der Waals surface area contributed by atoms with Crippen LogP contribution >= 0.6 is 0 Å². The van der Waals surface area contributed by atoms with Crippen LogP contribution in [0.5, 0.6) is 0 Å². The zero-order chi connectivity index (χ0) is 16.2. The molecule has 0 radical (unpaired) electrons.